The van der Waals surface area contributed by atoms with Crippen LogP contribution >= 0.6 is 0 Å². The van der Waals surface area contributed by atoms with Gasteiger partial charge in [0.25, 0.3) is 0 Å². The maximum Gasteiger partial charge on any atom is 0.0586 e. The molecule has 1 rings (SSSR count). The maximum atomic E-state index is 9.15. The van der Waals surface area contributed by atoms with Crippen LogP contribution in [0.15, 0.2) is 0 Å². The molecule has 72 valence electrons. The molecule has 1 aliphatic heterocycles. The second-order valence-electron chi connectivity index (χ2n) is 4.31. The van der Waals surface area contributed by atoms with Gasteiger partial charge in [-0.15, -0.1) is 0 Å². The highest BCUT2D eigenvalue weighted by Crippen LogP contribution is 2.22. The number of hydrogen-bond acceptors (Lipinski definition) is 2. The largest absolute Gasteiger partial charge is 0.395 e. The van der Waals surface area contributed by atoms with Gasteiger partial charge in [-0.3, -0.25) is 4.90 Å². The molecule has 1 fully saturated rings. The normalized spacial score (nSPS) is 32.8. The molecular formula is C10H21NO. The van der Waals surface area contributed by atoms with Gasteiger partial charge in [-0.05, 0) is 32.6 Å². The SMILES string of the molecule is CC(C)N1C[C@@H](C)CC[C@@H]1CO. The van der Waals surface area contributed by atoms with Gasteiger partial charge in [-0.25, -0.2) is 0 Å². The minimum absolute atomic E-state index is 0.324. The van der Waals surface area contributed by atoms with Crippen LogP contribution in [0, 0.1) is 5.92 Å². The fourth-order valence-electron chi connectivity index (χ4n) is 2.07. The Labute approximate surface area is 75.6 Å². The lowest BCUT2D eigenvalue weighted by molar-refractivity contribution is 0.0441. The van der Waals surface area contributed by atoms with Crippen LogP contribution in [-0.4, -0.2) is 35.2 Å². The number of piperidine rings is 1. The first kappa shape index (κ1) is 10.0. The van der Waals surface area contributed by atoms with Crippen LogP contribution in [0.2, 0.25) is 0 Å². The molecule has 1 saturated heterocycles. The zero-order valence-electron chi connectivity index (χ0n) is 8.45. The Morgan fingerprint density at radius 2 is 2.08 bits per heavy atom. The third kappa shape index (κ3) is 2.20. The van der Waals surface area contributed by atoms with Crippen LogP contribution in [0.1, 0.15) is 33.6 Å². The number of nitrogens with zero attached hydrogens (tertiary/aromatic N) is 1. The van der Waals surface area contributed by atoms with Gasteiger partial charge in [-0.1, -0.05) is 6.92 Å². The van der Waals surface area contributed by atoms with Gasteiger partial charge in [0, 0.05) is 18.6 Å². The van der Waals surface area contributed by atoms with E-state index in [1.54, 1.807) is 0 Å². The predicted octanol–water partition coefficient (Wildman–Crippen LogP) is 1.49. The van der Waals surface area contributed by atoms with Crippen LogP contribution in [-0.2, 0) is 0 Å². The third-order valence-electron chi connectivity index (χ3n) is 2.86. The Morgan fingerprint density at radius 3 is 2.58 bits per heavy atom. The van der Waals surface area contributed by atoms with E-state index in [2.05, 4.69) is 25.7 Å². The molecule has 12 heavy (non-hydrogen) atoms. The molecule has 0 radical (unpaired) electrons. The fourth-order valence-corrected chi connectivity index (χ4v) is 2.07. The number of aliphatic hydroxyl groups excluding tert-OH is 1. The van der Waals surface area contributed by atoms with Gasteiger partial charge in [0.1, 0.15) is 0 Å². The molecule has 1 N–H and O–H groups in total. The Kier molecular flexibility index (Phi) is 3.53. The molecule has 0 aromatic rings. The van der Waals surface area contributed by atoms with Gasteiger partial charge in [0.15, 0.2) is 0 Å². The summed E-state index contributed by atoms with van der Waals surface area (Å²) < 4.78 is 0. The van der Waals surface area contributed by atoms with Gasteiger partial charge < -0.3 is 5.11 Å². The van der Waals surface area contributed by atoms with E-state index in [-0.39, 0.29) is 0 Å². The van der Waals surface area contributed by atoms with Crippen LogP contribution in [0.25, 0.3) is 0 Å². The van der Waals surface area contributed by atoms with Crippen molar-refractivity contribution in [2.75, 3.05) is 13.2 Å². The molecule has 0 saturated carbocycles. The molecule has 0 aromatic heterocycles. The third-order valence-corrected chi connectivity index (χ3v) is 2.86. The van der Waals surface area contributed by atoms with Crippen LogP contribution < -0.4 is 0 Å². The van der Waals surface area contributed by atoms with Crippen LogP contribution in [0.4, 0.5) is 0 Å². The molecule has 0 amide bonds. The van der Waals surface area contributed by atoms with E-state index in [0.717, 1.165) is 18.9 Å². The van der Waals surface area contributed by atoms with E-state index in [4.69, 9.17) is 5.11 Å². The van der Waals surface area contributed by atoms with E-state index in [0.29, 0.717) is 18.7 Å². The maximum absolute atomic E-state index is 9.15. The highest BCUT2D eigenvalue weighted by atomic mass is 16.3. The van der Waals surface area contributed by atoms with Crippen molar-refractivity contribution in [2.45, 2.75) is 45.7 Å². The average Bonchev–Trinajstić information content (AvgIpc) is 2.04. The van der Waals surface area contributed by atoms with Crippen molar-refractivity contribution in [3.05, 3.63) is 0 Å². The van der Waals surface area contributed by atoms with Gasteiger partial charge in [-0.2, -0.15) is 0 Å². The summed E-state index contributed by atoms with van der Waals surface area (Å²) >= 11 is 0. The summed E-state index contributed by atoms with van der Waals surface area (Å²) in [5.41, 5.74) is 0. The Hall–Kier alpha value is -0.0800. The minimum Gasteiger partial charge on any atom is -0.395 e. The molecule has 2 nitrogen and oxygen atoms in total. The summed E-state index contributed by atoms with van der Waals surface area (Å²) in [5.74, 6) is 0.801. The molecule has 0 aromatic carbocycles. The Balaban J connectivity index is 2.52. The first-order valence-corrected chi connectivity index (χ1v) is 5.01. The summed E-state index contributed by atoms with van der Waals surface area (Å²) in [6, 6.07) is 0.992. The summed E-state index contributed by atoms with van der Waals surface area (Å²) in [4.78, 5) is 2.42. The van der Waals surface area contributed by atoms with E-state index < -0.39 is 0 Å². The summed E-state index contributed by atoms with van der Waals surface area (Å²) in [5, 5.41) is 9.15. The van der Waals surface area contributed by atoms with E-state index >= 15 is 0 Å². The Morgan fingerprint density at radius 1 is 1.42 bits per heavy atom. The average molecular weight is 171 g/mol. The first-order chi connectivity index (χ1) is 5.65. The number of rotatable bonds is 2. The molecule has 2 atom stereocenters. The van der Waals surface area contributed by atoms with Gasteiger partial charge in [0.05, 0.1) is 6.61 Å². The van der Waals surface area contributed by atoms with Gasteiger partial charge >= 0.3 is 0 Å². The highest BCUT2D eigenvalue weighted by molar-refractivity contribution is 4.81. The fraction of sp³-hybridized carbons (Fsp3) is 1.00. The van der Waals surface area contributed by atoms with Crippen molar-refractivity contribution in [3.63, 3.8) is 0 Å². The lowest BCUT2D eigenvalue weighted by atomic mass is 9.93. The summed E-state index contributed by atoms with van der Waals surface area (Å²) in [7, 11) is 0. The molecule has 1 aliphatic rings. The minimum atomic E-state index is 0.324. The Bertz CT molecular complexity index is 136. The monoisotopic (exact) mass is 171 g/mol. The molecule has 0 aliphatic carbocycles. The summed E-state index contributed by atoms with van der Waals surface area (Å²) in [6.07, 6.45) is 2.43. The second kappa shape index (κ2) is 4.24. The standard InChI is InChI=1S/C10H21NO/c1-8(2)11-6-9(3)4-5-10(11)7-12/h8-10,12H,4-7H2,1-3H3/t9-,10+/m0/s1. The first-order valence-electron chi connectivity index (χ1n) is 5.01. The van der Waals surface area contributed by atoms with Crippen molar-refractivity contribution < 1.29 is 5.11 Å². The van der Waals surface area contributed by atoms with Crippen molar-refractivity contribution in [1.29, 1.82) is 0 Å². The number of hydrogen-bond donors (Lipinski definition) is 1. The molecular weight excluding hydrogens is 150 g/mol. The zero-order valence-corrected chi connectivity index (χ0v) is 8.45. The lowest BCUT2D eigenvalue weighted by Crippen LogP contribution is -2.48. The van der Waals surface area contributed by atoms with E-state index in [1.165, 1.54) is 6.42 Å². The number of likely N-dealkylation sites (tertiary alicyclic amines) is 1. The molecule has 0 bridgehead atoms. The van der Waals surface area contributed by atoms with Gasteiger partial charge in [0.2, 0.25) is 0 Å². The van der Waals surface area contributed by atoms with Crippen molar-refractivity contribution in [1.82, 2.24) is 4.90 Å². The quantitative estimate of drug-likeness (QED) is 0.680. The van der Waals surface area contributed by atoms with E-state index in [9.17, 15) is 0 Å². The van der Waals surface area contributed by atoms with Crippen molar-refractivity contribution >= 4 is 0 Å². The predicted molar refractivity (Wildman–Crippen MR) is 51.1 cm³/mol. The molecule has 1 heterocycles. The lowest BCUT2D eigenvalue weighted by Gasteiger charge is -2.40. The van der Waals surface area contributed by atoms with E-state index in [1.807, 2.05) is 0 Å². The van der Waals surface area contributed by atoms with Crippen molar-refractivity contribution in [2.24, 2.45) is 5.92 Å². The number of aliphatic hydroxyl groups is 1. The second-order valence-corrected chi connectivity index (χ2v) is 4.31. The van der Waals surface area contributed by atoms with Crippen LogP contribution in [0.5, 0.6) is 0 Å². The zero-order chi connectivity index (χ0) is 9.14. The molecule has 0 spiro atoms. The molecule has 2 heteroatoms. The van der Waals surface area contributed by atoms with Crippen LogP contribution in [0.3, 0.4) is 0 Å². The smallest absolute Gasteiger partial charge is 0.0586 e. The highest BCUT2D eigenvalue weighted by Gasteiger charge is 2.26. The molecule has 0 unspecified atom stereocenters. The summed E-state index contributed by atoms with van der Waals surface area (Å²) in [6.45, 7) is 8.19. The topological polar surface area (TPSA) is 23.5 Å². The van der Waals surface area contributed by atoms with Crippen molar-refractivity contribution in [3.8, 4) is 0 Å².